The Morgan fingerprint density at radius 2 is 2.12 bits per heavy atom. The molecule has 0 saturated heterocycles. The summed E-state index contributed by atoms with van der Waals surface area (Å²) in [5, 5.41) is 0. The average molecular weight is 233 g/mol. The van der Waals surface area contributed by atoms with Crippen molar-refractivity contribution >= 4 is 5.97 Å². The van der Waals surface area contributed by atoms with Crippen LogP contribution >= 0.6 is 0 Å². The highest BCUT2D eigenvalue weighted by Gasteiger charge is 2.20. The van der Waals surface area contributed by atoms with Crippen molar-refractivity contribution < 1.29 is 9.53 Å². The summed E-state index contributed by atoms with van der Waals surface area (Å²) in [4.78, 5) is 16.3. The zero-order valence-corrected chi connectivity index (χ0v) is 10.6. The normalized spacial score (nSPS) is 14.9. The van der Waals surface area contributed by atoms with Gasteiger partial charge in [-0.15, -0.1) is 0 Å². The standard InChI is InChI=1S/C14H19NO2/c1-3-17-14(16)13-10(2)15-9-11-7-5-4-6-8-12(11)13/h9H,3-8H2,1-2H3. The number of carbonyl (C=O) groups is 1. The Morgan fingerprint density at radius 1 is 1.35 bits per heavy atom. The van der Waals surface area contributed by atoms with E-state index in [1.807, 2.05) is 20.0 Å². The summed E-state index contributed by atoms with van der Waals surface area (Å²) < 4.78 is 5.14. The lowest BCUT2D eigenvalue weighted by molar-refractivity contribution is 0.0523. The van der Waals surface area contributed by atoms with E-state index in [2.05, 4.69) is 4.98 Å². The monoisotopic (exact) mass is 233 g/mol. The Labute approximate surface area is 102 Å². The number of pyridine rings is 1. The summed E-state index contributed by atoms with van der Waals surface area (Å²) in [7, 11) is 0. The summed E-state index contributed by atoms with van der Waals surface area (Å²) >= 11 is 0. The van der Waals surface area contributed by atoms with Crippen LogP contribution < -0.4 is 0 Å². The van der Waals surface area contributed by atoms with Gasteiger partial charge in [0.1, 0.15) is 0 Å². The molecule has 3 heteroatoms. The maximum Gasteiger partial charge on any atom is 0.340 e. The van der Waals surface area contributed by atoms with E-state index in [4.69, 9.17) is 4.74 Å². The highest BCUT2D eigenvalue weighted by atomic mass is 16.5. The molecule has 2 rings (SSSR count). The molecule has 0 atom stereocenters. The fraction of sp³-hybridized carbons (Fsp3) is 0.571. The van der Waals surface area contributed by atoms with Crippen LogP contribution in [0.3, 0.4) is 0 Å². The Kier molecular flexibility index (Phi) is 3.77. The van der Waals surface area contributed by atoms with Crippen molar-refractivity contribution in [2.75, 3.05) is 6.61 Å². The molecule has 0 saturated carbocycles. The van der Waals surface area contributed by atoms with E-state index in [-0.39, 0.29) is 5.97 Å². The smallest absolute Gasteiger partial charge is 0.340 e. The van der Waals surface area contributed by atoms with Gasteiger partial charge in [0.05, 0.1) is 17.9 Å². The minimum Gasteiger partial charge on any atom is -0.462 e. The third-order valence-electron chi connectivity index (χ3n) is 3.32. The molecule has 0 amide bonds. The Balaban J connectivity index is 2.45. The second kappa shape index (κ2) is 5.30. The zero-order chi connectivity index (χ0) is 12.3. The predicted molar refractivity (Wildman–Crippen MR) is 66.2 cm³/mol. The highest BCUT2D eigenvalue weighted by molar-refractivity contribution is 5.92. The number of esters is 1. The largest absolute Gasteiger partial charge is 0.462 e. The first-order valence-corrected chi connectivity index (χ1v) is 6.38. The van der Waals surface area contributed by atoms with Gasteiger partial charge in [-0.3, -0.25) is 4.98 Å². The third-order valence-corrected chi connectivity index (χ3v) is 3.32. The molecule has 0 unspecified atom stereocenters. The van der Waals surface area contributed by atoms with E-state index in [9.17, 15) is 4.79 Å². The molecule has 1 heterocycles. The Hall–Kier alpha value is -1.38. The van der Waals surface area contributed by atoms with Crippen molar-refractivity contribution in [2.45, 2.75) is 46.0 Å². The van der Waals surface area contributed by atoms with E-state index in [1.165, 1.54) is 24.0 Å². The summed E-state index contributed by atoms with van der Waals surface area (Å²) in [6.45, 7) is 4.14. The molecule has 1 aliphatic rings. The van der Waals surface area contributed by atoms with E-state index >= 15 is 0 Å². The summed E-state index contributed by atoms with van der Waals surface area (Å²) in [5.74, 6) is -0.212. The summed E-state index contributed by atoms with van der Waals surface area (Å²) in [5.41, 5.74) is 3.92. The summed E-state index contributed by atoms with van der Waals surface area (Å²) in [6.07, 6.45) is 7.53. The zero-order valence-electron chi connectivity index (χ0n) is 10.6. The first kappa shape index (κ1) is 12.1. The molecule has 1 aromatic heterocycles. The molecule has 92 valence electrons. The van der Waals surface area contributed by atoms with Gasteiger partial charge in [-0.2, -0.15) is 0 Å². The molecule has 0 spiro atoms. The van der Waals surface area contributed by atoms with Crippen LogP contribution in [0.25, 0.3) is 0 Å². The minimum atomic E-state index is -0.212. The van der Waals surface area contributed by atoms with Gasteiger partial charge in [0.25, 0.3) is 0 Å². The van der Waals surface area contributed by atoms with Crippen LogP contribution in [0.2, 0.25) is 0 Å². The molecule has 0 radical (unpaired) electrons. The lowest BCUT2D eigenvalue weighted by Crippen LogP contribution is -2.13. The first-order chi connectivity index (χ1) is 8.24. The number of ether oxygens (including phenoxy) is 1. The topological polar surface area (TPSA) is 39.2 Å². The number of hydrogen-bond donors (Lipinski definition) is 0. The maximum absolute atomic E-state index is 12.0. The van der Waals surface area contributed by atoms with Gasteiger partial charge in [-0.05, 0) is 50.7 Å². The number of rotatable bonds is 2. The SMILES string of the molecule is CCOC(=O)c1c(C)ncc2c1CCCCC2. The molecule has 17 heavy (non-hydrogen) atoms. The number of carbonyl (C=O) groups excluding carboxylic acids is 1. The van der Waals surface area contributed by atoms with Crippen molar-refractivity contribution in [3.63, 3.8) is 0 Å². The number of aromatic nitrogens is 1. The highest BCUT2D eigenvalue weighted by Crippen LogP contribution is 2.25. The molecule has 0 aliphatic heterocycles. The second-order valence-corrected chi connectivity index (χ2v) is 4.50. The van der Waals surface area contributed by atoms with Crippen molar-refractivity contribution in [3.8, 4) is 0 Å². The summed E-state index contributed by atoms with van der Waals surface area (Å²) in [6, 6.07) is 0. The van der Waals surface area contributed by atoms with Gasteiger partial charge in [0, 0.05) is 6.20 Å². The number of nitrogens with zero attached hydrogens (tertiary/aromatic N) is 1. The van der Waals surface area contributed by atoms with Gasteiger partial charge in [0.15, 0.2) is 0 Å². The lowest BCUT2D eigenvalue weighted by Gasteiger charge is -2.13. The lowest BCUT2D eigenvalue weighted by atomic mass is 9.98. The number of hydrogen-bond acceptors (Lipinski definition) is 3. The minimum absolute atomic E-state index is 0.212. The Morgan fingerprint density at radius 3 is 2.88 bits per heavy atom. The van der Waals surface area contributed by atoms with Gasteiger partial charge in [-0.1, -0.05) is 6.42 Å². The molecule has 1 aromatic rings. The molecular weight excluding hydrogens is 214 g/mol. The van der Waals surface area contributed by atoms with Crippen LogP contribution in [0.5, 0.6) is 0 Å². The quantitative estimate of drug-likeness (QED) is 0.582. The average Bonchev–Trinajstić information content (AvgIpc) is 2.54. The fourth-order valence-corrected chi connectivity index (χ4v) is 2.47. The van der Waals surface area contributed by atoms with Gasteiger partial charge in [0.2, 0.25) is 0 Å². The molecular formula is C14H19NO2. The van der Waals surface area contributed by atoms with E-state index in [0.29, 0.717) is 12.2 Å². The first-order valence-electron chi connectivity index (χ1n) is 6.38. The van der Waals surface area contributed by atoms with Gasteiger partial charge in [-0.25, -0.2) is 4.79 Å². The fourth-order valence-electron chi connectivity index (χ4n) is 2.47. The van der Waals surface area contributed by atoms with Crippen molar-refractivity contribution in [1.82, 2.24) is 4.98 Å². The van der Waals surface area contributed by atoms with Crippen LogP contribution in [0, 0.1) is 6.92 Å². The van der Waals surface area contributed by atoms with Gasteiger partial charge < -0.3 is 4.74 Å². The van der Waals surface area contributed by atoms with Crippen LogP contribution in [0.1, 0.15) is 53.4 Å². The van der Waals surface area contributed by atoms with Crippen LogP contribution in [0.4, 0.5) is 0 Å². The van der Waals surface area contributed by atoms with Crippen LogP contribution in [-0.2, 0) is 17.6 Å². The van der Waals surface area contributed by atoms with E-state index in [1.54, 1.807) is 0 Å². The van der Waals surface area contributed by atoms with Crippen molar-refractivity contribution in [3.05, 3.63) is 28.6 Å². The number of aryl methyl sites for hydroxylation is 2. The van der Waals surface area contributed by atoms with Crippen LogP contribution in [-0.4, -0.2) is 17.6 Å². The van der Waals surface area contributed by atoms with Crippen molar-refractivity contribution in [2.24, 2.45) is 0 Å². The van der Waals surface area contributed by atoms with E-state index in [0.717, 1.165) is 25.0 Å². The maximum atomic E-state index is 12.0. The van der Waals surface area contributed by atoms with Crippen LogP contribution in [0.15, 0.2) is 6.20 Å². The molecule has 0 N–H and O–H groups in total. The molecule has 0 aromatic carbocycles. The third kappa shape index (κ3) is 2.48. The van der Waals surface area contributed by atoms with Gasteiger partial charge >= 0.3 is 5.97 Å². The van der Waals surface area contributed by atoms with Crippen molar-refractivity contribution in [1.29, 1.82) is 0 Å². The molecule has 0 bridgehead atoms. The molecule has 0 fully saturated rings. The second-order valence-electron chi connectivity index (χ2n) is 4.50. The van der Waals surface area contributed by atoms with E-state index < -0.39 is 0 Å². The predicted octanol–water partition coefficient (Wildman–Crippen LogP) is 2.84. The number of fused-ring (bicyclic) bond motifs is 1. The molecule has 1 aliphatic carbocycles. The Bertz CT molecular complexity index is 426. The molecule has 3 nitrogen and oxygen atoms in total.